The molecule has 0 unspecified atom stereocenters. The van der Waals surface area contributed by atoms with E-state index in [-0.39, 0.29) is 17.3 Å². The van der Waals surface area contributed by atoms with Gasteiger partial charge in [0.05, 0.1) is 0 Å². The molecule has 1 aromatic carbocycles. The number of benzene rings is 1. The van der Waals surface area contributed by atoms with E-state index in [1.807, 2.05) is 0 Å². The van der Waals surface area contributed by atoms with Crippen LogP contribution in [-0.4, -0.2) is 37.0 Å². The third-order valence-corrected chi connectivity index (χ3v) is 4.73. The molecule has 0 radical (unpaired) electrons. The van der Waals surface area contributed by atoms with Gasteiger partial charge in [0.2, 0.25) is 0 Å². The second-order valence-corrected chi connectivity index (χ2v) is 6.33. The first kappa shape index (κ1) is 16.0. The number of likely N-dealkylation sites (N-methyl/N-ethyl adjacent to an activating group) is 1. The third-order valence-electron chi connectivity index (χ3n) is 4.73. The normalized spacial score (nSPS) is 17.8. The van der Waals surface area contributed by atoms with E-state index in [4.69, 9.17) is 0 Å². The van der Waals surface area contributed by atoms with Gasteiger partial charge in [0.1, 0.15) is 5.82 Å². The van der Waals surface area contributed by atoms with E-state index >= 15 is 0 Å². The molecule has 0 saturated heterocycles. The summed E-state index contributed by atoms with van der Waals surface area (Å²) in [4.78, 5) is 14.5. The number of aryl methyl sites for hydroxylation is 1. The maximum absolute atomic E-state index is 13.3. The number of nitrogens with zero attached hydrogens (tertiary/aromatic N) is 1. The topological polar surface area (TPSA) is 32.3 Å². The van der Waals surface area contributed by atoms with Crippen LogP contribution < -0.4 is 5.32 Å². The molecular weight excluding hydrogens is 267 g/mol. The third kappa shape index (κ3) is 3.62. The molecule has 0 aliphatic heterocycles. The van der Waals surface area contributed by atoms with Gasteiger partial charge in [-0.2, -0.15) is 0 Å². The maximum Gasteiger partial charge on any atom is 0.251 e. The lowest BCUT2D eigenvalue weighted by Crippen LogP contribution is -2.53. The molecule has 1 aromatic rings. The molecule has 0 spiro atoms. The number of halogens is 1. The monoisotopic (exact) mass is 292 g/mol. The molecule has 1 fully saturated rings. The molecule has 0 bridgehead atoms. The fourth-order valence-corrected chi connectivity index (χ4v) is 3.12. The Morgan fingerprint density at radius 3 is 2.52 bits per heavy atom. The first-order valence-corrected chi connectivity index (χ1v) is 7.66. The zero-order valence-corrected chi connectivity index (χ0v) is 13.2. The maximum atomic E-state index is 13.3. The van der Waals surface area contributed by atoms with Crippen molar-refractivity contribution in [2.75, 3.05) is 20.6 Å². The van der Waals surface area contributed by atoms with Crippen LogP contribution in [0.3, 0.4) is 0 Å². The van der Waals surface area contributed by atoms with Gasteiger partial charge in [0.25, 0.3) is 5.91 Å². The van der Waals surface area contributed by atoms with Crippen molar-refractivity contribution in [3.05, 3.63) is 35.1 Å². The Bertz CT molecular complexity index is 508. The molecule has 0 atom stereocenters. The molecule has 1 aliphatic rings. The quantitative estimate of drug-likeness (QED) is 0.924. The smallest absolute Gasteiger partial charge is 0.251 e. The van der Waals surface area contributed by atoms with Gasteiger partial charge in [-0.25, -0.2) is 4.39 Å². The fraction of sp³-hybridized carbons (Fsp3) is 0.588. The van der Waals surface area contributed by atoms with Crippen LogP contribution >= 0.6 is 0 Å². The summed E-state index contributed by atoms with van der Waals surface area (Å²) in [5.41, 5.74) is 1.09. The van der Waals surface area contributed by atoms with Crippen molar-refractivity contribution in [2.24, 2.45) is 0 Å². The van der Waals surface area contributed by atoms with Gasteiger partial charge in [-0.3, -0.25) is 4.79 Å². The minimum absolute atomic E-state index is 0.0585. The largest absolute Gasteiger partial charge is 0.350 e. The number of hydrogen-bond donors (Lipinski definition) is 1. The van der Waals surface area contributed by atoms with Crippen LogP contribution in [0.2, 0.25) is 0 Å². The van der Waals surface area contributed by atoms with Gasteiger partial charge in [0.15, 0.2) is 0 Å². The van der Waals surface area contributed by atoms with Crippen LogP contribution in [0.15, 0.2) is 18.2 Å². The highest BCUT2D eigenvalue weighted by atomic mass is 19.1. The van der Waals surface area contributed by atoms with Crippen LogP contribution in [0, 0.1) is 12.7 Å². The first-order valence-electron chi connectivity index (χ1n) is 7.66. The molecular formula is C17H25FN2O. The second-order valence-electron chi connectivity index (χ2n) is 6.33. The predicted molar refractivity (Wildman–Crippen MR) is 83.0 cm³/mol. The van der Waals surface area contributed by atoms with E-state index in [9.17, 15) is 9.18 Å². The number of hydrogen-bond acceptors (Lipinski definition) is 2. The van der Waals surface area contributed by atoms with E-state index in [1.165, 1.54) is 25.3 Å². The summed E-state index contributed by atoms with van der Waals surface area (Å²) in [6.07, 6.45) is 5.93. The minimum atomic E-state index is -0.274. The lowest BCUT2D eigenvalue weighted by molar-refractivity contribution is 0.0799. The summed E-state index contributed by atoms with van der Waals surface area (Å²) in [6.45, 7) is 2.32. The second kappa shape index (κ2) is 6.56. The zero-order chi connectivity index (χ0) is 15.5. The summed E-state index contributed by atoms with van der Waals surface area (Å²) in [5.74, 6) is -0.395. The zero-order valence-electron chi connectivity index (χ0n) is 13.2. The summed E-state index contributed by atoms with van der Waals surface area (Å²) in [5, 5.41) is 3.03. The molecule has 3 nitrogen and oxygen atoms in total. The number of carbonyl (C=O) groups excluding carboxylic acids is 1. The molecule has 1 amide bonds. The number of rotatable bonds is 4. The van der Waals surface area contributed by atoms with E-state index in [1.54, 1.807) is 19.1 Å². The number of nitrogens with one attached hydrogen (secondary N) is 1. The van der Waals surface area contributed by atoms with Crippen LogP contribution in [0.5, 0.6) is 0 Å². The van der Waals surface area contributed by atoms with Crippen LogP contribution in [0.4, 0.5) is 4.39 Å². The predicted octanol–water partition coefficient (Wildman–Crippen LogP) is 3.13. The van der Waals surface area contributed by atoms with Crippen LogP contribution in [0.1, 0.15) is 48.0 Å². The number of carbonyl (C=O) groups is 1. The Kier molecular flexibility index (Phi) is 4.99. The fourth-order valence-electron chi connectivity index (χ4n) is 3.12. The van der Waals surface area contributed by atoms with Gasteiger partial charge in [-0.05, 0) is 57.6 Å². The Morgan fingerprint density at radius 2 is 1.95 bits per heavy atom. The summed E-state index contributed by atoms with van der Waals surface area (Å²) < 4.78 is 13.3. The molecule has 2 rings (SSSR count). The van der Waals surface area contributed by atoms with E-state index in [2.05, 4.69) is 24.3 Å². The van der Waals surface area contributed by atoms with Crippen molar-refractivity contribution in [2.45, 2.75) is 44.6 Å². The summed E-state index contributed by atoms with van der Waals surface area (Å²) in [6, 6.07) is 4.50. The average Bonchev–Trinajstić information content (AvgIpc) is 2.48. The molecule has 1 N–H and O–H groups in total. The van der Waals surface area contributed by atoms with E-state index < -0.39 is 0 Å². The first-order chi connectivity index (χ1) is 9.94. The van der Waals surface area contributed by atoms with Gasteiger partial charge in [-0.1, -0.05) is 19.3 Å². The van der Waals surface area contributed by atoms with Gasteiger partial charge >= 0.3 is 0 Å². The molecule has 21 heavy (non-hydrogen) atoms. The van der Waals surface area contributed by atoms with Crippen molar-refractivity contribution in [3.8, 4) is 0 Å². The minimum Gasteiger partial charge on any atom is -0.350 e. The van der Waals surface area contributed by atoms with Crippen molar-refractivity contribution in [3.63, 3.8) is 0 Å². The number of amides is 1. The Balaban J connectivity index is 2.03. The van der Waals surface area contributed by atoms with Crippen LogP contribution in [0.25, 0.3) is 0 Å². The molecule has 1 aliphatic carbocycles. The molecule has 116 valence electrons. The van der Waals surface area contributed by atoms with Crippen LogP contribution in [-0.2, 0) is 0 Å². The van der Waals surface area contributed by atoms with E-state index in [0.717, 1.165) is 12.8 Å². The summed E-state index contributed by atoms with van der Waals surface area (Å²) >= 11 is 0. The molecule has 4 heteroatoms. The highest BCUT2D eigenvalue weighted by molar-refractivity contribution is 5.94. The lowest BCUT2D eigenvalue weighted by Gasteiger charge is -2.43. The van der Waals surface area contributed by atoms with Gasteiger partial charge in [0, 0.05) is 17.6 Å². The highest BCUT2D eigenvalue weighted by Crippen LogP contribution is 2.31. The van der Waals surface area contributed by atoms with Gasteiger partial charge < -0.3 is 10.2 Å². The van der Waals surface area contributed by atoms with Crippen molar-refractivity contribution in [1.29, 1.82) is 0 Å². The lowest BCUT2D eigenvalue weighted by atomic mass is 9.80. The Morgan fingerprint density at radius 1 is 1.29 bits per heavy atom. The summed E-state index contributed by atoms with van der Waals surface area (Å²) in [7, 11) is 4.17. The van der Waals surface area contributed by atoms with Gasteiger partial charge in [-0.15, -0.1) is 0 Å². The van der Waals surface area contributed by atoms with Crippen molar-refractivity contribution in [1.82, 2.24) is 10.2 Å². The molecule has 0 aromatic heterocycles. The average molecular weight is 292 g/mol. The molecule has 0 heterocycles. The van der Waals surface area contributed by atoms with E-state index in [0.29, 0.717) is 17.7 Å². The SMILES string of the molecule is Cc1cc(C(=O)NCC2(N(C)C)CCCCC2)ccc1F. The van der Waals surface area contributed by atoms with Crippen molar-refractivity contribution < 1.29 is 9.18 Å². The Labute approximate surface area is 126 Å². The van der Waals surface area contributed by atoms with Crippen molar-refractivity contribution >= 4 is 5.91 Å². The molecule has 1 saturated carbocycles. The standard InChI is InChI=1S/C17H25FN2O/c1-13-11-14(7-8-15(13)18)16(21)19-12-17(20(2)3)9-5-4-6-10-17/h7-8,11H,4-6,9-10,12H2,1-3H3,(H,19,21). The highest BCUT2D eigenvalue weighted by Gasteiger charge is 2.34. The Hall–Kier alpha value is -1.42.